The monoisotopic (exact) mass is 509 g/mol. The molecular weight excluding hydrogens is 487 g/mol. The molecule has 0 aliphatic carbocycles. The minimum absolute atomic E-state index is 0.150. The van der Waals surface area contributed by atoms with Crippen molar-refractivity contribution in [1.29, 1.82) is 0 Å². The van der Waals surface area contributed by atoms with Gasteiger partial charge in [-0.25, -0.2) is 14.5 Å². The van der Waals surface area contributed by atoms with Crippen molar-refractivity contribution in [3.63, 3.8) is 0 Å². The van der Waals surface area contributed by atoms with Crippen molar-refractivity contribution in [2.75, 3.05) is 5.32 Å². The molecular formula is C23H23ClF3N5O3. The van der Waals surface area contributed by atoms with Crippen molar-refractivity contribution < 1.29 is 27.9 Å². The number of carbonyl (C=O) groups excluding carboxylic acids is 1. The molecule has 3 aromatic rings. The van der Waals surface area contributed by atoms with E-state index >= 15 is 0 Å². The van der Waals surface area contributed by atoms with Gasteiger partial charge in [0, 0.05) is 35.3 Å². The van der Waals surface area contributed by atoms with Gasteiger partial charge in [0.2, 0.25) is 0 Å². The van der Waals surface area contributed by atoms with Gasteiger partial charge >= 0.3 is 12.1 Å². The number of rotatable bonds is 5. The first-order valence-corrected chi connectivity index (χ1v) is 11.0. The highest BCUT2D eigenvalue weighted by Gasteiger charge is 2.38. The maximum atomic E-state index is 12.4. The second-order valence-corrected chi connectivity index (χ2v) is 8.27. The third kappa shape index (κ3) is 7.79. The lowest BCUT2D eigenvalue weighted by atomic mass is 10.1. The van der Waals surface area contributed by atoms with E-state index in [4.69, 9.17) is 21.5 Å². The maximum Gasteiger partial charge on any atom is 0.490 e. The van der Waals surface area contributed by atoms with Crippen molar-refractivity contribution in [2.24, 2.45) is 0 Å². The Hall–Kier alpha value is -3.44. The fourth-order valence-electron chi connectivity index (χ4n) is 3.43. The van der Waals surface area contributed by atoms with Crippen LogP contribution in [0.3, 0.4) is 0 Å². The van der Waals surface area contributed by atoms with E-state index < -0.39 is 12.1 Å². The Labute approximate surface area is 204 Å². The summed E-state index contributed by atoms with van der Waals surface area (Å²) in [6.45, 7) is 3.50. The molecule has 12 heteroatoms. The number of aliphatic carboxylic acids is 1. The first-order valence-electron chi connectivity index (χ1n) is 10.6. The lowest BCUT2D eigenvalue weighted by Crippen LogP contribution is -2.37. The molecule has 186 valence electrons. The number of carboxylic acid groups (broad SMARTS) is 1. The quantitative estimate of drug-likeness (QED) is 0.475. The fourth-order valence-corrected chi connectivity index (χ4v) is 3.55. The molecule has 1 unspecified atom stereocenters. The van der Waals surface area contributed by atoms with Gasteiger partial charge in [0.15, 0.2) is 0 Å². The summed E-state index contributed by atoms with van der Waals surface area (Å²) in [6.07, 6.45) is -3.10. The molecule has 0 radical (unpaired) electrons. The first-order chi connectivity index (χ1) is 16.5. The predicted octanol–water partition coefficient (Wildman–Crippen LogP) is 4.23. The number of hydrogen-bond donors (Lipinski definition) is 3. The van der Waals surface area contributed by atoms with Gasteiger partial charge in [0.25, 0.3) is 5.91 Å². The van der Waals surface area contributed by atoms with E-state index in [9.17, 15) is 18.0 Å². The zero-order chi connectivity index (χ0) is 25.6. The number of nitrogens with one attached hydrogen (secondary N) is 2. The van der Waals surface area contributed by atoms with Gasteiger partial charge in [-0.3, -0.25) is 4.79 Å². The van der Waals surface area contributed by atoms with Crippen LogP contribution in [0.4, 0.5) is 18.9 Å². The molecule has 0 saturated heterocycles. The van der Waals surface area contributed by atoms with Crippen molar-refractivity contribution in [2.45, 2.75) is 45.1 Å². The summed E-state index contributed by atoms with van der Waals surface area (Å²) in [5.74, 6) is -1.00. The number of halogens is 4. The number of hydrogen-bond acceptors (Lipinski definition) is 5. The third-order valence-electron chi connectivity index (χ3n) is 5.09. The van der Waals surface area contributed by atoms with E-state index in [1.54, 1.807) is 24.3 Å². The summed E-state index contributed by atoms with van der Waals surface area (Å²) in [6, 6.07) is 15.1. The molecule has 1 aliphatic heterocycles. The summed E-state index contributed by atoms with van der Waals surface area (Å²) >= 11 is 5.88. The number of benzene rings is 2. The number of nitrogens with zero attached hydrogens (tertiary/aromatic N) is 3. The molecule has 2 aromatic carbocycles. The van der Waals surface area contributed by atoms with E-state index in [0.717, 1.165) is 48.8 Å². The van der Waals surface area contributed by atoms with Crippen LogP contribution < -0.4 is 10.6 Å². The topological polar surface area (TPSA) is 109 Å². The average molecular weight is 510 g/mol. The Morgan fingerprint density at radius 2 is 1.89 bits per heavy atom. The standard InChI is InChI=1S/C21H22ClN5O.C2HF3O2/c1-14-24-20-10-9-19(13-27(20)26-14)23-12-15-3-2-4-18(11-15)25-21(28)16-5-7-17(22)8-6-16;3-2(4,5)1(6)7/h2-8,11,19,23H,9-10,12-13H2,1H3,(H,25,28);(H,6,7). The molecule has 1 aliphatic rings. The molecule has 35 heavy (non-hydrogen) atoms. The number of aryl methyl sites for hydroxylation is 2. The van der Waals surface area contributed by atoms with Crippen LogP contribution in [0.15, 0.2) is 48.5 Å². The van der Waals surface area contributed by atoms with E-state index in [0.29, 0.717) is 16.6 Å². The zero-order valence-corrected chi connectivity index (χ0v) is 19.4. The lowest BCUT2D eigenvalue weighted by molar-refractivity contribution is -0.192. The van der Waals surface area contributed by atoms with Gasteiger partial charge in [-0.15, -0.1) is 0 Å². The van der Waals surface area contributed by atoms with Crippen LogP contribution in [0, 0.1) is 6.92 Å². The Kier molecular flexibility index (Phi) is 8.47. The average Bonchev–Trinajstić information content (AvgIpc) is 3.17. The molecule has 1 aromatic heterocycles. The zero-order valence-electron chi connectivity index (χ0n) is 18.6. The van der Waals surface area contributed by atoms with Crippen molar-refractivity contribution in [3.05, 3.63) is 76.3 Å². The van der Waals surface area contributed by atoms with Crippen LogP contribution in [0.2, 0.25) is 5.02 Å². The molecule has 1 atom stereocenters. The van der Waals surface area contributed by atoms with Gasteiger partial charge in [-0.2, -0.15) is 18.3 Å². The summed E-state index contributed by atoms with van der Waals surface area (Å²) < 4.78 is 33.7. The summed E-state index contributed by atoms with van der Waals surface area (Å²) in [5, 5.41) is 18.7. The summed E-state index contributed by atoms with van der Waals surface area (Å²) in [4.78, 5) is 25.7. The molecule has 0 saturated carbocycles. The molecule has 0 bridgehead atoms. The molecule has 8 nitrogen and oxygen atoms in total. The summed E-state index contributed by atoms with van der Waals surface area (Å²) in [5.41, 5.74) is 2.47. The number of alkyl halides is 3. The van der Waals surface area contributed by atoms with Crippen molar-refractivity contribution >= 4 is 29.2 Å². The Balaban J connectivity index is 0.000000429. The van der Waals surface area contributed by atoms with Crippen molar-refractivity contribution in [3.8, 4) is 0 Å². The molecule has 1 amide bonds. The molecule has 2 heterocycles. The highest BCUT2D eigenvalue weighted by molar-refractivity contribution is 6.30. The van der Waals surface area contributed by atoms with Gasteiger partial charge in [0.1, 0.15) is 11.6 Å². The highest BCUT2D eigenvalue weighted by Crippen LogP contribution is 2.17. The van der Waals surface area contributed by atoms with E-state index in [1.807, 2.05) is 29.8 Å². The van der Waals surface area contributed by atoms with Crippen LogP contribution in [0.25, 0.3) is 0 Å². The fraction of sp³-hybridized carbons (Fsp3) is 0.304. The number of fused-ring (bicyclic) bond motifs is 1. The van der Waals surface area contributed by atoms with Gasteiger partial charge in [-0.05, 0) is 55.3 Å². The third-order valence-corrected chi connectivity index (χ3v) is 5.34. The Morgan fingerprint density at radius 1 is 1.20 bits per heavy atom. The van der Waals surface area contributed by atoms with E-state index in [-0.39, 0.29) is 5.91 Å². The maximum absolute atomic E-state index is 12.4. The second-order valence-electron chi connectivity index (χ2n) is 7.84. The van der Waals surface area contributed by atoms with Gasteiger partial charge in [0.05, 0.1) is 6.54 Å². The highest BCUT2D eigenvalue weighted by atomic mass is 35.5. The first kappa shape index (κ1) is 26.2. The van der Waals surface area contributed by atoms with E-state index in [2.05, 4.69) is 26.8 Å². The van der Waals surface area contributed by atoms with Crippen LogP contribution in [0.1, 0.15) is 34.0 Å². The van der Waals surface area contributed by atoms with Gasteiger partial charge in [-0.1, -0.05) is 23.7 Å². The molecule has 4 rings (SSSR count). The number of carbonyl (C=O) groups is 2. The normalized spacial score (nSPS) is 14.9. The number of carboxylic acids is 1. The van der Waals surface area contributed by atoms with Crippen LogP contribution in [-0.2, 0) is 24.3 Å². The molecule has 0 spiro atoms. The smallest absolute Gasteiger partial charge is 0.475 e. The minimum Gasteiger partial charge on any atom is -0.475 e. The largest absolute Gasteiger partial charge is 0.490 e. The van der Waals surface area contributed by atoms with Crippen molar-refractivity contribution in [1.82, 2.24) is 20.1 Å². The van der Waals surface area contributed by atoms with Gasteiger partial charge < -0.3 is 15.7 Å². The SMILES string of the molecule is Cc1nc2n(n1)CC(NCc1cccc(NC(=O)c3ccc(Cl)cc3)c1)CC2.O=C(O)C(F)(F)F. The summed E-state index contributed by atoms with van der Waals surface area (Å²) in [7, 11) is 0. The predicted molar refractivity (Wildman–Crippen MR) is 123 cm³/mol. The Morgan fingerprint density at radius 3 is 2.54 bits per heavy atom. The number of amides is 1. The van der Waals surface area contributed by atoms with Crippen LogP contribution in [-0.4, -0.2) is 44.0 Å². The van der Waals surface area contributed by atoms with E-state index in [1.165, 1.54) is 0 Å². The van der Waals surface area contributed by atoms with Crippen LogP contribution >= 0.6 is 11.6 Å². The second kappa shape index (κ2) is 11.3. The van der Waals surface area contributed by atoms with Crippen LogP contribution in [0.5, 0.6) is 0 Å². The Bertz CT molecular complexity index is 1180. The lowest BCUT2D eigenvalue weighted by Gasteiger charge is -2.23. The number of aromatic nitrogens is 3. The number of anilines is 1. The molecule has 0 fully saturated rings. The minimum atomic E-state index is -5.08. The molecule has 3 N–H and O–H groups in total.